The Morgan fingerprint density at radius 2 is 1.50 bits per heavy atom. The van der Waals surface area contributed by atoms with E-state index in [4.69, 9.17) is 28.4 Å². The standard InChI is InChI=1S/C9H4Cl2F7N3O/c10-4-1-3(2-5(11)20-4)19-6(21-22)7(12,13)8(14,15)9(16,17)18/h1-2,22H,(H,19,20,21). The zero-order chi connectivity index (χ0) is 17.3. The van der Waals surface area contributed by atoms with E-state index in [-0.39, 0.29) is 0 Å². The molecule has 0 spiro atoms. The van der Waals surface area contributed by atoms with Crippen LogP contribution in [0.5, 0.6) is 0 Å². The van der Waals surface area contributed by atoms with Crippen LogP contribution in [0.15, 0.2) is 17.1 Å². The average Bonchev–Trinajstić information content (AvgIpc) is 2.32. The number of aliphatic imine (C=N–C) groups is 1. The molecular weight excluding hydrogens is 370 g/mol. The summed E-state index contributed by atoms with van der Waals surface area (Å²) < 4.78 is 88.5. The van der Waals surface area contributed by atoms with Crippen molar-refractivity contribution >= 4 is 34.7 Å². The van der Waals surface area contributed by atoms with Gasteiger partial charge in [-0.25, -0.2) is 9.98 Å². The third kappa shape index (κ3) is 3.52. The number of halogens is 9. The maximum atomic E-state index is 13.3. The van der Waals surface area contributed by atoms with E-state index in [0.29, 0.717) is 5.48 Å². The molecule has 4 nitrogen and oxygen atoms in total. The molecule has 0 saturated heterocycles. The molecule has 0 atom stereocenters. The first-order valence-corrected chi connectivity index (χ1v) is 5.73. The lowest BCUT2D eigenvalue weighted by atomic mass is 10.1. The summed E-state index contributed by atoms with van der Waals surface area (Å²) in [7, 11) is 0. The molecule has 22 heavy (non-hydrogen) atoms. The maximum absolute atomic E-state index is 13.3. The van der Waals surface area contributed by atoms with Crippen LogP contribution in [0.2, 0.25) is 10.3 Å². The quantitative estimate of drug-likeness (QED) is 0.274. The van der Waals surface area contributed by atoms with Gasteiger partial charge in [-0.2, -0.15) is 30.7 Å². The highest BCUT2D eigenvalue weighted by Crippen LogP contribution is 2.47. The van der Waals surface area contributed by atoms with Crippen LogP contribution in [0, 0.1) is 0 Å². The van der Waals surface area contributed by atoms with Crippen molar-refractivity contribution in [1.29, 1.82) is 0 Å². The summed E-state index contributed by atoms with van der Waals surface area (Å²) in [5.41, 5.74) is -0.118. The Kier molecular flexibility index (Phi) is 5.15. The molecule has 124 valence electrons. The highest BCUT2D eigenvalue weighted by Gasteiger charge is 2.75. The summed E-state index contributed by atoms with van der Waals surface area (Å²) in [5.74, 6) is -14.7. The van der Waals surface area contributed by atoms with Crippen molar-refractivity contribution in [2.45, 2.75) is 18.0 Å². The van der Waals surface area contributed by atoms with E-state index in [1.54, 1.807) is 0 Å². The summed E-state index contributed by atoms with van der Waals surface area (Å²) in [5, 5.41) is 7.66. The molecule has 0 fully saturated rings. The monoisotopic (exact) mass is 373 g/mol. The van der Waals surface area contributed by atoms with Crippen molar-refractivity contribution in [2.75, 3.05) is 0 Å². The Morgan fingerprint density at radius 3 is 1.86 bits per heavy atom. The third-order valence-corrected chi connectivity index (χ3v) is 2.53. The van der Waals surface area contributed by atoms with E-state index in [0.717, 1.165) is 12.1 Å². The first-order valence-electron chi connectivity index (χ1n) is 4.97. The largest absolute Gasteiger partial charge is 0.460 e. The number of hydrogen-bond donors (Lipinski definition) is 2. The van der Waals surface area contributed by atoms with Gasteiger partial charge in [-0.15, -0.1) is 0 Å². The van der Waals surface area contributed by atoms with E-state index in [9.17, 15) is 30.7 Å². The Balaban J connectivity index is 3.38. The van der Waals surface area contributed by atoms with Gasteiger partial charge in [-0.3, -0.25) is 10.7 Å². The van der Waals surface area contributed by atoms with Crippen molar-refractivity contribution in [2.24, 2.45) is 4.99 Å². The molecule has 0 amide bonds. The summed E-state index contributed by atoms with van der Waals surface area (Å²) in [6.45, 7) is 0. The SMILES string of the molecule is ONC(=Nc1cc(Cl)nc(Cl)c1)C(F)(F)C(F)(F)C(F)(F)F. The smallest absolute Gasteiger partial charge is 0.290 e. The zero-order valence-corrected chi connectivity index (χ0v) is 11.4. The van der Waals surface area contributed by atoms with Gasteiger partial charge in [0.15, 0.2) is 0 Å². The van der Waals surface area contributed by atoms with Crippen molar-refractivity contribution in [3.8, 4) is 0 Å². The third-order valence-electron chi connectivity index (χ3n) is 2.14. The molecule has 13 heteroatoms. The average molecular weight is 374 g/mol. The molecule has 1 aromatic rings. The minimum atomic E-state index is -6.58. The Labute approximate surface area is 127 Å². The van der Waals surface area contributed by atoms with Crippen LogP contribution in [0.3, 0.4) is 0 Å². The predicted octanol–water partition coefficient (Wildman–Crippen LogP) is 4.23. The first kappa shape index (κ1) is 18.7. The summed E-state index contributed by atoms with van der Waals surface area (Å²) in [6, 6.07) is 1.49. The number of aromatic nitrogens is 1. The van der Waals surface area contributed by atoms with E-state index in [1.165, 1.54) is 0 Å². The Morgan fingerprint density at radius 1 is 1.05 bits per heavy atom. The van der Waals surface area contributed by atoms with Crippen LogP contribution in [0.4, 0.5) is 36.4 Å². The maximum Gasteiger partial charge on any atom is 0.460 e. The van der Waals surface area contributed by atoms with Crippen molar-refractivity contribution in [1.82, 2.24) is 10.5 Å². The van der Waals surface area contributed by atoms with Crippen LogP contribution in [0.25, 0.3) is 0 Å². The molecular formula is C9H4Cl2F7N3O. The minimum absolute atomic E-state index is 0.394. The second-order valence-electron chi connectivity index (χ2n) is 3.69. The van der Waals surface area contributed by atoms with Crippen LogP contribution in [-0.2, 0) is 0 Å². The number of pyridine rings is 1. The number of alkyl halides is 7. The Hall–Kier alpha value is -1.33. The van der Waals surface area contributed by atoms with Crippen LogP contribution in [-0.4, -0.2) is 34.0 Å². The van der Waals surface area contributed by atoms with Crippen LogP contribution < -0.4 is 5.48 Å². The lowest BCUT2D eigenvalue weighted by Gasteiger charge is -2.28. The van der Waals surface area contributed by atoms with Gasteiger partial charge < -0.3 is 0 Å². The van der Waals surface area contributed by atoms with Gasteiger partial charge in [0.2, 0.25) is 5.84 Å². The summed E-state index contributed by atoms with van der Waals surface area (Å²) in [6.07, 6.45) is -6.58. The fraction of sp³-hybridized carbons (Fsp3) is 0.333. The first-order chi connectivity index (χ1) is 9.82. The molecule has 0 unspecified atom stereocenters. The molecule has 1 rings (SSSR count). The van der Waals surface area contributed by atoms with Gasteiger partial charge in [0.1, 0.15) is 10.3 Å². The van der Waals surface area contributed by atoms with Gasteiger partial charge in [0.25, 0.3) is 0 Å². The van der Waals surface area contributed by atoms with Gasteiger partial charge in [0, 0.05) is 12.1 Å². The van der Waals surface area contributed by atoms with Crippen molar-refractivity contribution < 1.29 is 35.9 Å². The minimum Gasteiger partial charge on any atom is -0.290 e. The van der Waals surface area contributed by atoms with Gasteiger partial charge in [0.05, 0.1) is 5.69 Å². The molecule has 0 saturated carbocycles. The molecule has 1 heterocycles. The molecule has 0 aliphatic rings. The van der Waals surface area contributed by atoms with E-state index >= 15 is 0 Å². The lowest BCUT2D eigenvalue weighted by Crippen LogP contribution is -2.59. The van der Waals surface area contributed by atoms with Crippen LogP contribution >= 0.6 is 23.2 Å². The Bertz CT molecular complexity index is 571. The number of rotatable bonds is 3. The molecule has 1 aromatic heterocycles. The van der Waals surface area contributed by atoms with E-state index in [2.05, 4.69) is 9.98 Å². The predicted molar refractivity (Wildman–Crippen MR) is 62.2 cm³/mol. The number of amidine groups is 1. The molecule has 0 aliphatic heterocycles. The number of hydroxylamine groups is 1. The van der Waals surface area contributed by atoms with Crippen molar-refractivity contribution in [3.63, 3.8) is 0 Å². The molecule has 0 radical (unpaired) electrons. The molecule has 0 aliphatic carbocycles. The topological polar surface area (TPSA) is 57.5 Å². The van der Waals surface area contributed by atoms with Gasteiger partial charge >= 0.3 is 18.0 Å². The highest BCUT2D eigenvalue weighted by atomic mass is 35.5. The normalized spacial score (nSPS) is 14.2. The number of hydrogen-bond acceptors (Lipinski definition) is 3. The summed E-state index contributed by atoms with van der Waals surface area (Å²) >= 11 is 10.8. The second-order valence-corrected chi connectivity index (χ2v) is 4.46. The number of nitrogens with one attached hydrogen (secondary N) is 1. The highest BCUT2D eigenvalue weighted by molar-refractivity contribution is 6.32. The molecule has 0 bridgehead atoms. The summed E-state index contributed by atoms with van der Waals surface area (Å²) in [4.78, 5) is 6.15. The molecule has 0 aromatic carbocycles. The van der Waals surface area contributed by atoms with E-state index in [1.807, 2.05) is 0 Å². The van der Waals surface area contributed by atoms with Crippen LogP contribution in [0.1, 0.15) is 0 Å². The zero-order valence-electron chi connectivity index (χ0n) is 9.90. The van der Waals surface area contributed by atoms with Gasteiger partial charge in [-0.1, -0.05) is 23.2 Å². The van der Waals surface area contributed by atoms with Gasteiger partial charge in [-0.05, 0) is 0 Å². The fourth-order valence-corrected chi connectivity index (χ4v) is 1.59. The van der Waals surface area contributed by atoms with Crippen molar-refractivity contribution in [3.05, 3.63) is 22.4 Å². The lowest BCUT2D eigenvalue weighted by molar-refractivity contribution is -0.337. The fourth-order valence-electron chi connectivity index (χ4n) is 1.14. The second kappa shape index (κ2) is 6.05. The van der Waals surface area contributed by atoms with E-state index < -0.39 is 39.9 Å². The number of nitrogens with zero attached hydrogens (tertiary/aromatic N) is 2. The molecule has 2 N–H and O–H groups in total.